The number of thiazole rings is 1. The molecule has 4 atom stereocenters. The van der Waals surface area contributed by atoms with E-state index in [9.17, 15) is 19.5 Å². The van der Waals surface area contributed by atoms with Gasteiger partial charge in [-0.15, -0.1) is 11.3 Å². The molecule has 0 aliphatic heterocycles. The molecule has 3 amide bonds. The molecule has 1 unspecified atom stereocenters. The predicted molar refractivity (Wildman–Crippen MR) is 188 cm³/mol. The second-order valence-electron chi connectivity index (χ2n) is 12.2. The lowest BCUT2D eigenvalue weighted by Crippen LogP contribution is -2.56. The van der Waals surface area contributed by atoms with Crippen molar-refractivity contribution < 1.29 is 29.0 Å². The monoisotopic (exact) mass is 687 g/mol. The molecule has 2 aromatic heterocycles. The summed E-state index contributed by atoms with van der Waals surface area (Å²) < 4.78 is 10.8. The Balaban J connectivity index is 1.44. The van der Waals surface area contributed by atoms with Gasteiger partial charge >= 0.3 is 12.2 Å². The van der Waals surface area contributed by atoms with Crippen molar-refractivity contribution in [1.29, 1.82) is 0 Å². The van der Waals surface area contributed by atoms with Crippen LogP contribution in [0.4, 0.5) is 9.59 Å². The third-order valence-electron chi connectivity index (χ3n) is 7.99. The van der Waals surface area contributed by atoms with Gasteiger partial charge in [-0.25, -0.2) is 14.6 Å². The molecular weight excluding hydrogens is 643 g/mol. The molecule has 0 aliphatic rings. The number of aliphatic hydroxyl groups excluding tert-OH is 1. The van der Waals surface area contributed by atoms with Gasteiger partial charge in [0.2, 0.25) is 5.91 Å². The highest BCUT2D eigenvalue weighted by Gasteiger charge is 2.31. The Labute approximate surface area is 291 Å². The Bertz CT molecular complexity index is 1590. The highest BCUT2D eigenvalue weighted by atomic mass is 32.1. The number of aliphatic hydroxyl groups is 1. The molecule has 0 spiro atoms. The molecule has 4 aromatic rings. The molecule has 11 nitrogen and oxygen atoms in total. The fourth-order valence-corrected chi connectivity index (χ4v) is 6.08. The number of aromatic nitrogens is 2. The average molecular weight is 688 g/mol. The summed E-state index contributed by atoms with van der Waals surface area (Å²) in [5.74, 6) is -0.721. The number of ether oxygens (including phenoxy) is 2. The fraction of sp³-hybridized carbons (Fsp3) is 0.378. The molecule has 260 valence electrons. The van der Waals surface area contributed by atoms with Gasteiger partial charge in [-0.3, -0.25) is 9.78 Å². The van der Waals surface area contributed by atoms with E-state index in [0.29, 0.717) is 19.3 Å². The van der Waals surface area contributed by atoms with Crippen molar-refractivity contribution in [3.05, 3.63) is 118 Å². The van der Waals surface area contributed by atoms with E-state index in [-0.39, 0.29) is 25.6 Å². The largest absolute Gasteiger partial charge is 0.449 e. The standard InChI is InChI=1S/C37H45N5O6S/c1-25(2)34(42-37(46)47-18-16-33-26(3)39-24-49-33)35(44)41-31(20-28-13-8-5-9-14-28)32(43)21-30(19-27-11-6-4-7-12-27)40-36(45)48-23-29-15-10-17-38-22-29/h4-15,17,22,24-25,30-32,34,43H,16,18-21,23H2,1-3H3,(H,40,45)(H,41,44)(H,42,46)/t30-,31-,32-,34?/m0/s1. The highest BCUT2D eigenvalue weighted by molar-refractivity contribution is 7.09. The van der Waals surface area contributed by atoms with Crippen molar-refractivity contribution in [3.63, 3.8) is 0 Å². The number of carbonyl (C=O) groups is 3. The quantitative estimate of drug-likeness (QED) is 0.119. The lowest BCUT2D eigenvalue weighted by molar-refractivity contribution is -0.125. The van der Waals surface area contributed by atoms with Gasteiger partial charge in [0.05, 0.1) is 30.0 Å². The van der Waals surface area contributed by atoms with Gasteiger partial charge in [0, 0.05) is 35.3 Å². The molecular formula is C37H45N5O6S. The Morgan fingerprint density at radius 2 is 1.49 bits per heavy atom. The minimum atomic E-state index is -1.07. The van der Waals surface area contributed by atoms with E-state index in [1.807, 2.05) is 87.5 Å². The maximum atomic E-state index is 13.7. The van der Waals surface area contributed by atoms with Crippen LogP contribution in [0.5, 0.6) is 0 Å². The first-order chi connectivity index (χ1) is 23.7. The number of carbonyl (C=O) groups excluding carboxylic acids is 3. The summed E-state index contributed by atoms with van der Waals surface area (Å²) in [5.41, 5.74) is 5.26. The molecule has 2 heterocycles. The Morgan fingerprint density at radius 1 is 0.837 bits per heavy atom. The molecule has 0 aliphatic carbocycles. The lowest BCUT2D eigenvalue weighted by atomic mass is 9.93. The number of hydrogen-bond donors (Lipinski definition) is 4. The fourth-order valence-electron chi connectivity index (χ4n) is 5.32. The Morgan fingerprint density at radius 3 is 2.10 bits per heavy atom. The predicted octanol–water partition coefficient (Wildman–Crippen LogP) is 5.16. The Hall–Kier alpha value is -4.81. The molecule has 0 fully saturated rings. The minimum absolute atomic E-state index is 0.0455. The SMILES string of the molecule is Cc1ncsc1CCOC(=O)NC(C(=O)N[C@@H](Cc1ccccc1)[C@@H](O)C[C@H](Cc1ccccc1)NC(=O)OCc1cccnc1)C(C)C. The van der Waals surface area contributed by atoms with Gasteiger partial charge in [0.15, 0.2) is 0 Å². The first kappa shape index (κ1) is 37.0. The van der Waals surface area contributed by atoms with Gasteiger partial charge in [-0.05, 0) is 49.3 Å². The summed E-state index contributed by atoms with van der Waals surface area (Å²) >= 11 is 1.50. The van der Waals surface area contributed by atoms with E-state index in [0.717, 1.165) is 27.3 Å². The van der Waals surface area contributed by atoms with Crippen molar-refractivity contribution in [2.45, 2.75) is 77.3 Å². The number of amides is 3. The van der Waals surface area contributed by atoms with Crippen LogP contribution in [0.15, 0.2) is 90.7 Å². The number of pyridine rings is 1. The van der Waals surface area contributed by atoms with Crippen LogP contribution in [0, 0.1) is 12.8 Å². The minimum Gasteiger partial charge on any atom is -0.449 e. The van der Waals surface area contributed by atoms with Crippen LogP contribution < -0.4 is 16.0 Å². The van der Waals surface area contributed by atoms with Crippen LogP contribution in [-0.2, 0) is 40.1 Å². The molecule has 4 rings (SSSR count). The first-order valence-corrected chi connectivity index (χ1v) is 17.3. The molecule has 0 bridgehead atoms. The smallest absolute Gasteiger partial charge is 0.407 e. The number of aryl methyl sites for hydroxylation is 1. The van der Waals surface area contributed by atoms with E-state index < -0.39 is 42.3 Å². The molecule has 0 saturated heterocycles. The van der Waals surface area contributed by atoms with Crippen molar-refractivity contribution in [3.8, 4) is 0 Å². The van der Waals surface area contributed by atoms with Crippen LogP contribution in [0.25, 0.3) is 0 Å². The van der Waals surface area contributed by atoms with Crippen molar-refractivity contribution in [2.75, 3.05) is 6.61 Å². The summed E-state index contributed by atoms with van der Waals surface area (Å²) in [7, 11) is 0. The second kappa shape index (κ2) is 19.3. The second-order valence-corrected chi connectivity index (χ2v) is 13.1. The zero-order chi connectivity index (χ0) is 35.0. The summed E-state index contributed by atoms with van der Waals surface area (Å²) in [6.45, 7) is 5.75. The van der Waals surface area contributed by atoms with Crippen LogP contribution in [0.3, 0.4) is 0 Å². The molecule has 0 radical (unpaired) electrons. The average Bonchev–Trinajstić information content (AvgIpc) is 3.51. The number of alkyl carbamates (subject to hydrolysis) is 2. The molecule has 12 heteroatoms. The van der Waals surface area contributed by atoms with Gasteiger partial charge in [-0.2, -0.15) is 0 Å². The van der Waals surface area contributed by atoms with E-state index in [1.165, 1.54) is 11.3 Å². The lowest BCUT2D eigenvalue weighted by Gasteiger charge is -2.30. The molecule has 49 heavy (non-hydrogen) atoms. The van der Waals surface area contributed by atoms with Gasteiger partial charge in [-0.1, -0.05) is 80.6 Å². The summed E-state index contributed by atoms with van der Waals surface area (Å²) in [4.78, 5) is 48.6. The number of rotatable bonds is 17. The molecule has 4 N–H and O–H groups in total. The zero-order valence-electron chi connectivity index (χ0n) is 28.1. The van der Waals surface area contributed by atoms with Crippen LogP contribution in [0.1, 0.15) is 47.5 Å². The number of benzene rings is 2. The maximum absolute atomic E-state index is 13.7. The summed E-state index contributed by atoms with van der Waals surface area (Å²) in [6.07, 6.45) is 2.26. The van der Waals surface area contributed by atoms with Crippen molar-refractivity contribution >= 4 is 29.4 Å². The van der Waals surface area contributed by atoms with E-state index in [4.69, 9.17) is 9.47 Å². The number of nitrogens with zero attached hydrogens (tertiary/aromatic N) is 2. The number of nitrogens with one attached hydrogen (secondary N) is 3. The summed E-state index contributed by atoms with van der Waals surface area (Å²) in [6, 6.07) is 20.5. The Kier molecular flexibility index (Phi) is 14.5. The third-order valence-corrected chi connectivity index (χ3v) is 8.98. The van der Waals surface area contributed by atoms with E-state index in [1.54, 1.807) is 24.0 Å². The zero-order valence-corrected chi connectivity index (χ0v) is 28.9. The maximum Gasteiger partial charge on any atom is 0.407 e. The van der Waals surface area contributed by atoms with Gasteiger partial charge < -0.3 is 30.5 Å². The molecule has 2 aromatic carbocycles. The van der Waals surface area contributed by atoms with Crippen LogP contribution in [-0.4, -0.2) is 64.0 Å². The topological polar surface area (TPSA) is 152 Å². The molecule has 0 saturated carbocycles. The van der Waals surface area contributed by atoms with Gasteiger partial charge in [0.1, 0.15) is 12.6 Å². The number of hydrogen-bond acceptors (Lipinski definition) is 9. The normalized spacial score (nSPS) is 13.5. The van der Waals surface area contributed by atoms with E-state index in [2.05, 4.69) is 25.9 Å². The van der Waals surface area contributed by atoms with Crippen LogP contribution in [0.2, 0.25) is 0 Å². The third kappa shape index (κ3) is 12.6. The van der Waals surface area contributed by atoms with Crippen molar-refractivity contribution in [2.24, 2.45) is 5.92 Å². The van der Waals surface area contributed by atoms with Crippen molar-refractivity contribution in [1.82, 2.24) is 25.9 Å². The van der Waals surface area contributed by atoms with Gasteiger partial charge in [0.25, 0.3) is 0 Å². The van der Waals surface area contributed by atoms with E-state index >= 15 is 0 Å². The highest BCUT2D eigenvalue weighted by Crippen LogP contribution is 2.16. The first-order valence-electron chi connectivity index (χ1n) is 16.4. The van der Waals surface area contributed by atoms with Crippen LogP contribution >= 0.6 is 11.3 Å². The summed E-state index contributed by atoms with van der Waals surface area (Å²) in [5, 5.41) is 20.3.